The average Bonchev–Trinajstić information content (AvgIpc) is 3.04. The lowest BCUT2D eigenvalue weighted by Gasteiger charge is -2.31. The van der Waals surface area contributed by atoms with Crippen LogP contribution in [0.25, 0.3) is 0 Å². The fourth-order valence-electron chi connectivity index (χ4n) is 3.12. The van der Waals surface area contributed by atoms with Crippen molar-refractivity contribution in [3.05, 3.63) is 42.0 Å². The Kier molecular flexibility index (Phi) is 5.35. The Labute approximate surface area is 137 Å². The molecule has 3 rings (SSSR count). The molecular weight excluding hydrogens is 290 g/mol. The van der Waals surface area contributed by atoms with Crippen LogP contribution in [0.15, 0.2) is 24.8 Å². The van der Waals surface area contributed by atoms with Crippen LogP contribution in [-0.4, -0.2) is 57.8 Å². The number of piperidine rings is 1. The fraction of sp³-hybridized carbons (Fsp3) is 0.588. The van der Waals surface area contributed by atoms with Crippen molar-refractivity contribution in [1.82, 2.24) is 24.4 Å². The van der Waals surface area contributed by atoms with E-state index in [1.807, 2.05) is 31.7 Å². The second-order valence-corrected chi connectivity index (χ2v) is 6.17. The number of rotatable bonds is 6. The van der Waals surface area contributed by atoms with Crippen LogP contribution in [-0.2, 0) is 11.3 Å². The van der Waals surface area contributed by atoms with Crippen molar-refractivity contribution in [1.29, 1.82) is 0 Å². The summed E-state index contributed by atoms with van der Waals surface area (Å²) in [5.41, 5.74) is 1.93. The topological polar surface area (TPSA) is 56.1 Å². The van der Waals surface area contributed by atoms with E-state index in [-0.39, 0.29) is 0 Å². The number of ether oxygens (including phenoxy) is 1. The number of imidazole rings is 1. The van der Waals surface area contributed by atoms with Crippen LogP contribution in [0.4, 0.5) is 0 Å². The normalized spacial score (nSPS) is 16.8. The van der Waals surface area contributed by atoms with E-state index in [1.54, 1.807) is 7.11 Å². The van der Waals surface area contributed by atoms with Gasteiger partial charge < -0.3 is 14.2 Å². The van der Waals surface area contributed by atoms with Crippen LogP contribution in [0, 0.1) is 6.92 Å². The zero-order chi connectivity index (χ0) is 16.1. The van der Waals surface area contributed by atoms with Gasteiger partial charge in [0.2, 0.25) is 0 Å². The molecule has 0 atom stereocenters. The Bertz CT molecular complexity index is 602. The number of aryl methyl sites for hydroxylation is 1. The van der Waals surface area contributed by atoms with Crippen molar-refractivity contribution >= 4 is 0 Å². The van der Waals surface area contributed by atoms with Crippen molar-refractivity contribution in [3.63, 3.8) is 0 Å². The largest absolute Gasteiger partial charge is 0.383 e. The Hall–Kier alpha value is -1.79. The van der Waals surface area contributed by atoms with E-state index in [0.717, 1.165) is 57.0 Å². The van der Waals surface area contributed by atoms with Gasteiger partial charge in [-0.05, 0) is 32.9 Å². The second kappa shape index (κ2) is 7.66. The van der Waals surface area contributed by atoms with Gasteiger partial charge in [0.05, 0.1) is 30.7 Å². The third-order valence-corrected chi connectivity index (χ3v) is 4.48. The van der Waals surface area contributed by atoms with Gasteiger partial charge in [0.1, 0.15) is 5.82 Å². The number of hydrogen-bond acceptors (Lipinski definition) is 5. The molecule has 3 heterocycles. The van der Waals surface area contributed by atoms with E-state index >= 15 is 0 Å². The number of methoxy groups -OCH3 is 1. The number of nitrogens with zero attached hydrogens (tertiary/aromatic N) is 5. The summed E-state index contributed by atoms with van der Waals surface area (Å²) in [4.78, 5) is 15.9. The number of aromatic nitrogens is 4. The first kappa shape index (κ1) is 16.1. The zero-order valence-corrected chi connectivity index (χ0v) is 14.0. The highest BCUT2D eigenvalue weighted by Gasteiger charge is 2.23. The molecule has 0 aliphatic carbocycles. The first-order valence-corrected chi connectivity index (χ1v) is 8.26. The van der Waals surface area contributed by atoms with E-state index in [9.17, 15) is 0 Å². The summed E-state index contributed by atoms with van der Waals surface area (Å²) < 4.78 is 7.38. The SMILES string of the molecule is COCCN1CCC(c2nccn2Cc2cnc(C)cn2)CC1. The average molecular weight is 315 g/mol. The summed E-state index contributed by atoms with van der Waals surface area (Å²) >= 11 is 0. The van der Waals surface area contributed by atoms with Crippen molar-refractivity contribution in [2.24, 2.45) is 0 Å². The molecule has 6 nitrogen and oxygen atoms in total. The van der Waals surface area contributed by atoms with Crippen molar-refractivity contribution in [2.45, 2.75) is 32.2 Å². The maximum absolute atomic E-state index is 5.17. The minimum Gasteiger partial charge on any atom is -0.383 e. The first-order chi connectivity index (χ1) is 11.3. The smallest absolute Gasteiger partial charge is 0.112 e. The number of likely N-dealkylation sites (tertiary alicyclic amines) is 1. The molecule has 1 saturated heterocycles. The molecule has 6 heteroatoms. The Balaban J connectivity index is 1.61. The van der Waals surface area contributed by atoms with E-state index in [1.165, 1.54) is 5.82 Å². The summed E-state index contributed by atoms with van der Waals surface area (Å²) in [7, 11) is 1.76. The Morgan fingerprint density at radius 3 is 2.70 bits per heavy atom. The quantitative estimate of drug-likeness (QED) is 0.814. The highest BCUT2D eigenvalue weighted by Crippen LogP contribution is 2.27. The zero-order valence-electron chi connectivity index (χ0n) is 14.0. The summed E-state index contributed by atoms with van der Waals surface area (Å²) in [6.45, 7) is 6.77. The van der Waals surface area contributed by atoms with Gasteiger partial charge in [0.25, 0.3) is 0 Å². The Morgan fingerprint density at radius 1 is 1.17 bits per heavy atom. The standard InChI is InChI=1S/C17H25N5O/c1-14-11-20-16(12-19-14)13-22-8-5-18-17(22)15-3-6-21(7-4-15)9-10-23-2/h5,8,11-12,15H,3-4,6-7,9-10,13H2,1-2H3. The molecule has 124 valence electrons. The van der Waals surface area contributed by atoms with Gasteiger partial charge in [-0.3, -0.25) is 9.97 Å². The van der Waals surface area contributed by atoms with Crippen LogP contribution in [0.1, 0.15) is 36.0 Å². The molecule has 1 aliphatic heterocycles. The van der Waals surface area contributed by atoms with Crippen LogP contribution in [0.2, 0.25) is 0 Å². The molecule has 1 aliphatic rings. The molecule has 2 aromatic heterocycles. The van der Waals surface area contributed by atoms with Gasteiger partial charge in [-0.15, -0.1) is 0 Å². The molecule has 0 N–H and O–H groups in total. The van der Waals surface area contributed by atoms with E-state index < -0.39 is 0 Å². The molecule has 0 aromatic carbocycles. The number of hydrogen-bond donors (Lipinski definition) is 0. The minimum absolute atomic E-state index is 0.530. The maximum Gasteiger partial charge on any atom is 0.112 e. The van der Waals surface area contributed by atoms with Crippen molar-refractivity contribution < 1.29 is 4.74 Å². The van der Waals surface area contributed by atoms with E-state index in [2.05, 4.69) is 24.4 Å². The molecule has 0 unspecified atom stereocenters. The first-order valence-electron chi connectivity index (χ1n) is 8.26. The van der Waals surface area contributed by atoms with Gasteiger partial charge in [-0.1, -0.05) is 0 Å². The summed E-state index contributed by atoms with van der Waals surface area (Å²) in [5.74, 6) is 1.71. The third-order valence-electron chi connectivity index (χ3n) is 4.48. The maximum atomic E-state index is 5.17. The molecule has 0 radical (unpaired) electrons. The lowest BCUT2D eigenvalue weighted by atomic mass is 9.96. The lowest BCUT2D eigenvalue weighted by Crippen LogP contribution is -2.35. The second-order valence-electron chi connectivity index (χ2n) is 6.17. The Morgan fingerprint density at radius 2 is 2.00 bits per heavy atom. The highest BCUT2D eigenvalue weighted by atomic mass is 16.5. The molecule has 0 amide bonds. The van der Waals surface area contributed by atoms with Crippen molar-refractivity contribution in [3.8, 4) is 0 Å². The molecule has 1 fully saturated rings. The van der Waals surface area contributed by atoms with Gasteiger partial charge in [-0.25, -0.2) is 4.98 Å². The van der Waals surface area contributed by atoms with E-state index in [4.69, 9.17) is 4.74 Å². The minimum atomic E-state index is 0.530. The third kappa shape index (κ3) is 4.14. The van der Waals surface area contributed by atoms with Gasteiger partial charge in [0, 0.05) is 38.2 Å². The molecule has 0 bridgehead atoms. The monoisotopic (exact) mass is 315 g/mol. The summed E-state index contributed by atoms with van der Waals surface area (Å²) in [5, 5.41) is 0. The molecule has 2 aromatic rings. The molecule has 0 spiro atoms. The predicted molar refractivity (Wildman–Crippen MR) is 88.4 cm³/mol. The fourth-order valence-corrected chi connectivity index (χ4v) is 3.12. The van der Waals surface area contributed by atoms with Gasteiger partial charge in [0.15, 0.2) is 0 Å². The van der Waals surface area contributed by atoms with Gasteiger partial charge in [-0.2, -0.15) is 0 Å². The predicted octanol–water partition coefficient (Wildman–Crippen LogP) is 1.86. The summed E-state index contributed by atoms with van der Waals surface area (Å²) in [6, 6.07) is 0. The van der Waals surface area contributed by atoms with E-state index in [0.29, 0.717) is 5.92 Å². The van der Waals surface area contributed by atoms with Gasteiger partial charge >= 0.3 is 0 Å². The highest BCUT2D eigenvalue weighted by molar-refractivity contribution is 5.07. The van der Waals surface area contributed by atoms with Crippen LogP contribution >= 0.6 is 0 Å². The molecule has 0 saturated carbocycles. The van der Waals surface area contributed by atoms with Crippen LogP contribution in [0.5, 0.6) is 0 Å². The lowest BCUT2D eigenvalue weighted by molar-refractivity contribution is 0.129. The summed E-state index contributed by atoms with van der Waals surface area (Å²) in [6.07, 6.45) is 9.93. The molecule has 23 heavy (non-hydrogen) atoms. The van der Waals surface area contributed by atoms with Crippen LogP contribution < -0.4 is 0 Å². The van der Waals surface area contributed by atoms with Crippen LogP contribution in [0.3, 0.4) is 0 Å². The van der Waals surface area contributed by atoms with Crippen molar-refractivity contribution in [2.75, 3.05) is 33.4 Å². The molecular formula is C17H25N5O.